The van der Waals surface area contributed by atoms with E-state index in [-0.39, 0.29) is 17.4 Å². The summed E-state index contributed by atoms with van der Waals surface area (Å²) in [5.74, 6) is 0.208. The monoisotopic (exact) mass is 585 g/mol. The van der Waals surface area contributed by atoms with E-state index in [0.717, 1.165) is 31.5 Å². The van der Waals surface area contributed by atoms with Gasteiger partial charge in [0.25, 0.3) is 5.56 Å². The molecule has 1 aromatic carbocycles. The van der Waals surface area contributed by atoms with Gasteiger partial charge in [-0.1, -0.05) is 0 Å². The van der Waals surface area contributed by atoms with Crippen molar-refractivity contribution in [3.63, 3.8) is 0 Å². The van der Waals surface area contributed by atoms with Crippen LogP contribution in [-0.4, -0.2) is 59.6 Å². The van der Waals surface area contributed by atoms with Crippen LogP contribution in [-0.2, 0) is 22.7 Å². The molecule has 0 radical (unpaired) electrons. The van der Waals surface area contributed by atoms with Gasteiger partial charge in [0.15, 0.2) is 0 Å². The van der Waals surface area contributed by atoms with Gasteiger partial charge in [-0.25, -0.2) is 0 Å². The van der Waals surface area contributed by atoms with Crippen molar-refractivity contribution in [2.45, 2.75) is 46.7 Å². The lowest BCUT2D eigenvalue weighted by Gasteiger charge is -2.27. The lowest BCUT2D eigenvalue weighted by molar-refractivity contribution is -0.137. The van der Waals surface area contributed by atoms with E-state index in [1.54, 1.807) is 66.2 Å². The Hall–Kier alpha value is -4.44. The van der Waals surface area contributed by atoms with Crippen molar-refractivity contribution in [2.75, 3.05) is 43.1 Å². The fourth-order valence-electron chi connectivity index (χ4n) is 5.55. The smallest absolute Gasteiger partial charge is 0.261 e. The molecule has 10 heteroatoms. The van der Waals surface area contributed by atoms with E-state index in [0.29, 0.717) is 54.3 Å². The van der Waals surface area contributed by atoms with Crippen LogP contribution < -0.4 is 20.1 Å². The number of unbranched alkanes of at least 4 members (excludes halogenated alkanes) is 1. The predicted molar refractivity (Wildman–Crippen MR) is 166 cm³/mol. The molecule has 43 heavy (non-hydrogen) atoms. The van der Waals surface area contributed by atoms with E-state index in [2.05, 4.69) is 9.88 Å². The van der Waals surface area contributed by atoms with Crippen LogP contribution in [0.25, 0.3) is 11.0 Å². The average molecular weight is 586 g/mol. The van der Waals surface area contributed by atoms with Crippen molar-refractivity contribution >= 4 is 34.2 Å². The summed E-state index contributed by atoms with van der Waals surface area (Å²) in [6, 6.07) is 13.1. The highest BCUT2D eigenvalue weighted by Gasteiger charge is 2.45. The zero-order valence-corrected chi connectivity index (χ0v) is 25.3. The molecule has 0 N–H and O–H groups in total. The topological polar surface area (TPSA) is 101 Å². The second-order valence-electron chi connectivity index (χ2n) is 11.4. The van der Waals surface area contributed by atoms with Gasteiger partial charge < -0.3 is 23.5 Å². The van der Waals surface area contributed by atoms with Gasteiger partial charge in [0, 0.05) is 57.9 Å². The Morgan fingerprint density at radius 1 is 0.953 bits per heavy atom. The molecule has 0 unspecified atom stereocenters. The number of amides is 2. The fraction of sp³-hybridized carbons (Fsp3) is 0.394. The highest BCUT2D eigenvalue weighted by atomic mass is 16.5. The minimum Gasteiger partial charge on any atom is -0.494 e. The molecular weight excluding hydrogens is 546 g/mol. The second kappa shape index (κ2) is 12.8. The average Bonchev–Trinajstić information content (AvgIpc) is 3.49. The van der Waals surface area contributed by atoms with E-state index in [4.69, 9.17) is 9.15 Å². The molecule has 0 saturated carbocycles. The Kier molecular flexibility index (Phi) is 8.96. The molecule has 0 fully saturated rings. The molecule has 10 nitrogen and oxygen atoms in total. The SMILES string of the molecule is CCN1C(=O)C(C)(C)C(=O)N(C)c2cc(OCCCCN(CCn3ccc4occc4c3=O)Cc3ccncc3)ccc21. The number of anilines is 2. The number of ether oxygens (including phenoxy) is 1. The third kappa shape index (κ3) is 6.34. The molecule has 4 heterocycles. The van der Waals surface area contributed by atoms with Gasteiger partial charge in [0.1, 0.15) is 16.7 Å². The van der Waals surface area contributed by atoms with Crippen LogP contribution >= 0.6 is 0 Å². The minimum atomic E-state index is -1.15. The summed E-state index contributed by atoms with van der Waals surface area (Å²) in [6.45, 7) is 9.10. The third-order valence-corrected chi connectivity index (χ3v) is 8.08. The Bertz CT molecular complexity index is 1640. The number of aromatic nitrogens is 2. The Labute approximate surface area is 251 Å². The number of pyridine rings is 2. The lowest BCUT2D eigenvalue weighted by atomic mass is 9.90. The summed E-state index contributed by atoms with van der Waals surface area (Å²) >= 11 is 0. The number of carbonyl (C=O) groups excluding carboxylic acids is 2. The molecule has 3 aromatic heterocycles. The van der Waals surface area contributed by atoms with Gasteiger partial charge in [-0.2, -0.15) is 0 Å². The number of rotatable bonds is 12. The molecule has 0 aliphatic carbocycles. The first-order valence-corrected chi connectivity index (χ1v) is 14.8. The zero-order valence-electron chi connectivity index (χ0n) is 25.3. The summed E-state index contributed by atoms with van der Waals surface area (Å²) in [5, 5.41) is 0.589. The third-order valence-electron chi connectivity index (χ3n) is 8.08. The maximum atomic E-state index is 13.1. The Morgan fingerprint density at radius 3 is 2.51 bits per heavy atom. The Balaban J connectivity index is 1.20. The van der Waals surface area contributed by atoms with Gasteiger partial charge in [-0.3, -0.25) is 24.3 Å². The van der Waals surface area contributed by atoms with Crippen molar-refractivity contribution in [1.82, 2.24) is 14.5 Å². The Morgan fingerprint density at radius 2 is 1.74 bits per heavy atom. The summed E-state index contributed by atoms with van der Waals surface area (Å²) < 4.78 is 13.2. The van der Waals surface area contributed by atoms with E-state index in [1.807, 2.05) is 43.3 Å². The van der Waals surface area contributed by atoms with Crippen molar-refractivity contribution in [1.29, 1.82) is 0 Å². The van der Waals surface area contributed by atoms with Crippen LogP contribution in [0, 0.1) is 5.41 Å². The zero-order chi connectivity index (χ0) is 30.6. The molecule has 226 valence electrons. The van der Waals surface area contributed by atoms with Crippen LogP contribution in [0.4, 0.5) is 11.4 Å². The van der Waals surface area contributed by atoms with Crippen molar-refractivity contribution in [2.24, 2.45) is 5.41 Å². The lowest BCUT2D eigenvalue weighted by Crippen LogP contribution is -2.47. The molecule has 4 aromatic rings. The van der Waals surface area contributed by atoms with Gasteiger partial charge >= 0.3 is 0 Å². The minimum absolute atomic E-state index is 0.0494. The molecule has 2 amide bonds. The first-order valence-electron chi connectivity index (χ1n) is 14.8. The molecule has 0 saturated heterocycles. The fourth-order valence-corrected chi connectivity index (χ4v) is 5.55. The quantitative estimate of drug-likeness (QED) is 0.175. The molecular formula is C33H39N5O5. The van der Waals surface area contributed by atoms with Gasteiger partial charge in [0.05, 0.1) is 29.6 Å². The number of carbonyl (C=O) groups is 2. The van der Waals surface area contributed by atoms with Crippen LogP contribution in [0.5, 0.6) is 5.75 Å². The number of hydrogen-bond donors (Lipinski definition) is 0. The van der Waals surface area contributed by atoms with Crippen molar-refractivity contribution in [3.05, 3.63) is 83.2 Å². The molecule has 1 aliphatic rings. The van der Waals surface area contributed by atoms with Gasteiger partial charge in [-0.05, 0) is 82.1 Å². The number of benzene rings is 1. The number of furan rings is 1. The van der Waals surface area contributed by atoms with Crippen LogP contribution in [0.3, 0.4) is 0 Å². The van der Waals surface area contributed by atoms with E-state index >= 15 is 0 Å². The summed E-state index contributed by atoms with van der Waals surface area (Å²) in [7, 11) is 1.71. The largest absolute Gasteiger partial charge is 0.494 e. The van der Waals surface area contributed by atoms with Gasteiger partial charge in [0.2, 0.25) is 11.8 Å². The number of hydrogen-bond acceptors (Lipinski definition) is 7. The standard InChI is InChI=1S/C33H39N5O5/c1-5-38-27-9-8-25(22-28(27)35(4)31(40)33(2,3)32(38)41)42-20-7-6-16-36(23-24-10-14-34-15-11-24)18-19-37-17-12-29-26(30(37)39)13-21-43-29/h8-15,17,21-22H,5-7,16,18-20,23H2,1-4H3. The number of fused-ring (bicyclic) bond motifs is 2. The van der Waals surface area contributed by atoms with Crippen LogP contribution in [0.1, 0.15) is 39.2 Å². The highest BCUT2D eigenvalue weighted by molar-refractivity contribution is 6.20. The summed E-state index contributed by atoms with van der Waals surface area (Å²) in [4.78, 5) is 48.8. The molecule has 5 rings (SSSR count). The first kappa shape index (κ1) is 30.0. The highest BCUT2D eigenvalue weighted by Crippen LogP contribution is 2.40. The molecule has 1 aliphatic heterocycles. The van der Waals surface area contributed by atoms with Crippen LogP contribution in [0.15, 0.2) is 76.5 Å². The van der Waals surface area contributed by atoms with Crippen molar-refractivity contribution in [3.8, 4) is 5.75 Å². The summed E-state index contributed by atoms with van der Waals surface area (Å²) in [6.07, 6.45) is 8.64. The maximum absolute atomic E-state index is 13.1. The van der Waals surface area contributed by atoms with E-state index < -0.39 is 5.41 Å². The van der Waals surface area contributed by atoms with E-state index in [9.17, 15) is 14.4 Å². The van der Waals surface area contributed by atoms with Crippen molar-refractivity contribution < 1.29 is 18.7 Å². The first-order chi connectivity index (χ1) is 20.7. The molecule has 0 bridgehead atoms. The molecule has 0 atom stereocenters. The second-order valence-corrected chi connectivity index (χ2v) is 11.4. The normalized spacial score (nSPS) is 14.8. The van der Waals surface area contributed by atoms with E-state index in [1.165, 1.54) is 0 Å². The summed E-state index contributed by atoms with van der Waals surface area (Å²) in [5.41, 5.74) is 1.94. The van der Waals surface area contributed by atoms with Crippen LogP contribution in [0.2, 0.25) is 0 Å². The number of nitrogens with zero attached hydrogens (tertiary/aromatic N) is 5. The molecule has 0 spiro atoms. The maximum Gasteiger partial charge on any atom is 0.261 e. The predicted octanol–water partition coefficient (Wildman–Crippen LogP) is 4.71. The van der Waals surface area contributed by atoms with Gasteiger partial charge in [-0.15, -0.1) is 0 Å².